The minimum Gasteiger partial charge on any atom is -0.355 e. The van der Waals surface area contributed by atoms with E-state index in [2.05, 4.69) is 10.3 Å². The number of aldehydes is 1. The van der Waals surface area contributed by atoms with E-state index in [0.29, 0.717) is 18.5 Å². The number of imidazole rings is 1. The lowest BCUT2D eigenvalue weighted by Crippen LogP contribution is -2.28. The molecule has 5 nitrogen and oxygen atoms in total. The monoisotopic (exact) mass is 195 g/mol. The molecule has 0 saturated heterocycles. The highest BCUT2D eigenvalue weighted by Gasteiger charge is 2.05. The SMILES string of the molecule is CCCNC(=O)Cn1cncc1C=O. The topological polar surface area (TPSA) is 64.0 Å². The highest BCUT2D eigenvalue weighted by molar-refractivity contribution is 5.78. The maximum Gasteiger partial charge on any atom is 0.239 e. The van der Waals surface area contributed by atoms with Crippen LogP contribution in [0.15, 0.2) is 12.5 Å². The highest BCUT2D eigenvalue weighted by Crippen LogP contribution is 1.94. The number of carbonyl (C=O) groups excluding carboxylic acids is 2. The summed E-state index contributed by atoms with van der Waals surface area (Å²) < 4.78 is 1.51. The summed E-state index contributed by atoms with van der Waals surface area (Å²) in [6.07, 6.45) is 4.48. The highest BCUT2D eigenvalue weighted by atomic mass is 16.2. The number of amides is 1. The quantitative estimate of drug-likeness (QED) is 0.684. The Morgan fingerprint density at radius 1 is 1.71 bits per heavy atom. The average Bonchev–Trinajstić information content (AvgIpc) is 2.62. The van der Waals surface area contributed by atoms with Crippen LogP contribution in [0.3, 0.4) is 0 Å². The number of rotatable bonds is 5. The van der Waals surface area contributed by atoms with Crippen molar-refractivity contribution in [1.82, 2.24) is 14.9 Å². The minimum absolute atomic E-state index is 0.104. The first-order chi connectivity index (χ1) is 6.77. The van der Waals surface area contributed by atoms with Crippen LogP contribution >= 0.6 is 0 Å². The summed E-state index contributed by atoms with van der Waals surface area (Å²) in [4.78, 5) is 25.5. The lowest BCUT2D eigenvalue weighted by molar-refractivity contribution is -0.121. The zero-order valence-electron chi connectivity index (χ0n) is 8.06. The summed E-state index contributed by atoms with van der Waals surface area (Å²) >= 11 is 0. The Balaban J connectivity index is 2.51. The smallest absolute Gasteiger partial charge is 0.239 e. The largest absolute Gasteiger partial charge is 0.355 e. The number of hydrogen-bond donors (Lipinski definition) is 1. The Labute approximate surface area is 82.1 Å². The maximum atomic E-state index is 11.3. The van der Waals surface area contributed by atoms with Gasteiger partial charge < -0.3 is 9.88 Å². The molecule has 1 N–H and O–H groups in total. The van der Waals surface area contributed by atoms with Crippen LogP contribution in [-0.2, 0) is 11.3 Å². The normalized spacial score (nSPS) is 9.79. The molecule has 1 heterocycles. The van der Waals surface area contributed by atoms with Crippen molar-refractivity contribution >= 4 is 12.2 Å². The van der Waals surface area contributed by atoms with Crippen molar-refractivity contribution < 1.29 is 9.59 Å². The molecule has 76 valence electrons. The molecule has 1 amide bonds. The fraction of sp³-hybridized carbons (Fsp3) is 0.444. The molecular weight excluding hydrogens is 182 g/mol. The van der Waals surface area contributed by atoms with Gasteiger partial charge in [-0.1, -0.05) is 6.92 Å². The van der Waals surface area contributed by atoms with E-state index in [-0.39, 0.29) is 12.5 Å². The van der Waals surface area contributed by atoms with Crippen molar-refractivity contribution in [3.63, 3.8) is 0 Å². The molecule has 1 aromatic rings. The van der Waals surface area contributed by atoms with E-state index in [0.717, 1.165) is 6.42 Å². The van der Waals surface area contributed by atoms with Gasteiger partial charge in [-0.25, -0.2) is 4.98 Å². The van der Waals surface area contributed by atoms with Gasteiger partial charge in [0.25, 0.3) is 0 Å². The van der Waals surface area contributed by atoms with Crippen LogP contribution in [-0.4, -0.2) is 28.3 Å². The standard InChI is InChI=1S/C9H13N3O2/c1-2-3-11-9(14)5-12-7-10-4-8(12)6-13/h4,6-7H,2-3,5H2,1H3,(H,11,14). The Hall–Kier alpha value is -1.65. The number of nitrogens with one attached hydrogen (secondary N) is 1. The summed E-state index contributed by atoms with van der Waals surface area (Å²) in [5.41, 5.74) is 0.414. The zero-order chi connectivity index (χ0) is 10.4. The number of hydrogen-bond acceptors (Lipinski definition) is 3. The van der Waals surface area contributed by atoms with Gasteiger partial charge in [-0.05, 0) is 6.42 Å². The molecule has 1 rings (SSSR count). The van der Waals surface area contributed by atoms with E-state index >= 15 is 0 Å². The first-order valence-corrected chi connectivity index (χ1v) is 4.50. The van der Waals surface area contributed by atoms with Crippen LogP contribution < -0.4 is 5.32 Å². The van der Waals surface area contributed by atoms with E-state index < -0.39 is 0 Å². The van der Waals surface area contributed by atoms with Gasteiger partial charge in [-0.3, -0.25) is 9.59 Å². The van der Waals surface area contributed by atoms with Crippen molar-refractivity contribution in [1.29, 1.82) is 0 Å². The van der Waals surface area contributed by atoms with Crippen LogP contribution in [0.4, 0.5) is 0 Å². The molecule has 1 aromatic heterocycles. The van der Waals surface area contributed by atoms with Crippen LogP contribution in [0.25, 0.3) is 0 Å². The van der Waals surface area contributed by atoms with Crippen molar-refractivity contribution in [3.05, 3.63) is 18.2 Å². The van der Waals surface area contributed by atoms with Crippen molar-refractivity contribution in [2.75, 3.05) is 6.54 Å². The molecule has 0 radical (unpaired) electrons. The van der Waals surface area contributed by atoms with E-state index in [9.17, 15) is 9.59 Å². The van der Waals surface area contributed by atoms with Gasteiger partial charge in [-0.2, -0.15) is 0 Å². The number of aromatic nitrogens is 2. The van der Waals surface area contributed by atoms with Gasteiger partial charge in [0.2, 0.25) is 5.91 Å². The van der Waals surface area contributed by atoms with Gasteiger partial charge in [0.1, 0.15) is 12.2 Å². The molecule has 14 heavy (non-hydrogen) atoms. The van der Waals surface area contributed by atoms with Crippen LogP contribution in [0.5, 0.6) is 0 Å². The fourth-order valence-electron chi connectivity index (χ4n) is 1.04. The lowest BCUT2D eigenvalue weighted by atomic mass is 10.4. The Morgan fingerprint density at radius 2 is 2.50 bits per heavy atom. The van der Waals surface area contributed by atoms with Gasteiger partial charge >= 0.3 is 0 Å². The molecule has 5 heteroatoms. The molecule has 0 bridgehead atoms. The third-order valence-corrected chi connectivity index (χ3v) is 1.75. The summed E-state index contributed by atoms with van der Waals surface area (Å²) in [7, 11) is 0. The molecule has 0 aliphatic rings. The molecule has 0 aliphatic carbocycles. The summed E-state index contributed by atoms with van der Waals surface area (Å²) in [6.45, 7) is 2.78. The molecule has 0 unspecified atom stereocenters. The predicted molar refractivity (Wildman–Crippen MR) is 50.9 cm³/mol. The van der Waals surface area contributed by atoms with Gasteiger partial charge in [0, 0.05) is 6.54 Å². The summed E-state index contributed by atoms with van der Waals surface area (Å²) in [6, 6.07) is 0. The zero-order valence-corrected chi connectivity index (χ0v) is 8.06. The predicted octanol–water partition coefficient (Wildman–Crippen LogP) is 0.222. The summed E-state index contributed by atoms with van der Waals surface area (Å²) in [5.74, 6) is -0.104. The summed E-state index contributed by atoms with van der Waals surface area (Å²) in [5, 5.41) is 2.72. The van der Waals surface area contributed by atoms with Gasteiger partial charge in [0.15, 0.2) is 6.29 Å². The first kappa shape index (κ1) is 10.4. The van der Waals surface area contributed by atoms with Crippen LogP contribution in [0.2, 0.25) is 0 Å². The third kappa shape index (κ3) is 2.69. The second-order valence-electron chi connectivity index (χ2n) is 2.91. The van der Waals surface area contributed by atoms with Crippen molar-refractivity contribution in [2.24, 2.45) is 0 Å². The number of carbonyl (C=O) groups is 2. The van der Waals surface area contributed by atoms with E-state index in [4.69, 9.17) is 0 Å². The van der Waals surface area contributed by atoms with E-state index in [1.807, 2.05) is 6.92 Å². The maximum absolute atomic E-state index is 11.3. The molecule has 0 fully saturated rings. The Kier molecular flexibility index (Phi) is 3.84. The van der Waals surface area contributed by atoms with Gasteiger partial charge in [-0.15, -0.1) is 0 Å². The van der Waals surface area contributed by atoms with E-state index in [1.54, 1.807) is 0 Å². The van der Waals surface area contributed by atoms with E-state index in [1.165, 1.54) is 17.1 Å². The third-order valence-electron chi connectivity index (χ3n) is 1.75. The van der Waals surface area contributed by atoms with Crippen LogP contribution in [0.1, 0.15) is 23.8 Å². The Morgan fingerprint density at radius 3 is 3.14 bits per heavy atom. The second kappa shape index (κ2) is 5.16. The average molecular weight is 195 g/mol. The van der Waals surface area contributed by atoms with Crippen molar-refractivity contribution in [2.45, 2.75) is 19.9 Å². The van der Waals surface area contributed by atoms with Crippen LogP contribution in [0, 0.1) is 0 Å². The number of nitrogens with zero attached hydrogens (tertiary/aromatic N) is 2. The molecule has 0 saturated carbocycles. The fourth-order valence-corrected chi connectivity index (χ4v) is 1.04. The molecule has 0 aromatic carbocycles. The Bertz CT molecular complexity index is 320. The minimum atomic E-state index is -0.104. The second-order valence-corrected chi connectivity index (χ2v) is 2.91. The van der Waals surface area contributed by atoms with Crippen molar-refractivity contribution in [3.8, 4) is 0 Å². The van der Waals surface area contributed by atoms with Gasteiger partial charge in [0.05, 0.1) is 12.5 Å². The lowest BCUT2D eigenvalue weighted by Gasteiger charge is -2.04. The molecule has 0 atom stereocenters. The first-order valence-electron chi connectivity index (χ1n) is 4.50. The molecule has 0 aliphatic heterocycles. The molecule has 0 spiro atoms. The molecular formula is C9H13N3O2.